The number of fused-ring (bicyclic) bond motifs is 1. The second-order valence-electron chi connectivity index (χ2n) is 5.26. The Labute approximate surface area is 116 Å². The Balaban J connectivity index is 1.83. The Kier molecular flexibility index (Phi) is 3.31. The van der Waals surface area contributed by atoms with E-state index >= 15 is 0 Å². The molecule has 1 fully saturated rings. The summed E-state index contributed by atoms with van der Waals surface area (Å²) in [7, 11) is 0. The van der Waals surface area contributed by atoms with E-state index in [4.69, 9.17) is 0 Å². The molecule has 1 aliphatic heterocycles. The number of carbonyl (C=O) groups is 2. The molecule has 0 unspecified atom stereocenters. The molecule has 2 heterocycles. The summed E-state index contributed by atoms with van der Waals surface area (Å²) in [5.41, 5.74) is 1.29. The zero-order valence-corrected chi connectivity index (χ0v) is 11.5. The fourth-order valence-corrected chi connectivity index (χ4v) is 4.22. The van der Waals surface area contributed by atoms with Gasteiger partial charge in [0.2, 0.25) is 0 Å². The fourth-order valence-electron chi connectivity index (χ4n) is 3.01. The molecule has 3 rings (SSSR count). The first-order chi connectivity index (χ1) is 9.16. The summed E-state index contributed by atoms with van der Waals surface area (Å²) in [5.74, 6) is -0.969. The third-order valence-electron chi connectivity index (χ3n) is 4.01. The number of aliphatic carboxylic acids is 1. The number of rotatable bonds is 2. The summed E-state index contributed by atoms with van der Waals surface area (Å²) in [5, 5.41) is 9.23. The molecule has 1 saturated heterocycles. The number of nitrogens with zero attached hydrogens (tertiary/aromatic N) is 1. The van der Waals surface area contributed by atoms with E-state index in [1.807, 2.05) is 6.07 Å². The Morgan fingerprint density at radius 1 is 1.26 bits per heavy atom. The zero-order valence-electron chi connectivity index (χ0n) is 10.7. The Morgan fingerprint density at radius 3 is 2.84 bits per heavy atom. The summed E-state index contributed by atoms with van der Waals surface area (Å²) < 4.78 is 0. The lowest BCUT2D eigenvalue weighted by Gasteiger charge is -2.32. The summed E-state index contributed by atoms with van der Waals surface area (Å²) in [6, 6.07) is 1.33. The molecule has 1 aliphatic carbocycles. The number of carbonyl (C=O) groups excluding carboxylic acids is 1. The van der Waals surface area contributed by atoms with Crippen LogP contribution in [-0.4, -0.2) is 34.5 Å². The van der Waals surface area contributed by atoms with Crippen molar-refractivity contribution in [2.24, 2.45) is 0 Å². The normalized spacial score (nSPS) is 22.3. The Hall–Kier alpha value is -1.36. The lowest BCUT2D eigenvalue weighted by Crippen LogP contribution is -2.47. The maximum atomic E-state index is 12.5. The smallest absolute Gasteiger partial charge is 0.326 e. The van der Waals surface area contributed by atoms with Crippen molar-refractivity contribution < 1.29 is 14.7 Å². The highest BCUT2D eigenvalue weighted by atomic mass is 32.1. The molecule has 0 aromatic carbocycles. The van der Waals surface area contributed by atoms with Crippen molar-refractivity contribution >= 4 is 23.2 Å². The highest BCUT2D eigenvalue weighted by molar-refractivity contribution is 7.14. The fraction of sp³-hybridized carbons (Fsp3) is 0.571. The van der Waals surface area contributed by atoms with Gasteiger partial charge in [-0.1, -0.05) is 0 Å². The number of carboxylic acids is 1. The minimum atomic E-state index is -0.878. The number of likely N-dealkylation sites (tertiary alicyclic amines) is 1. The van der Waals surface area contributed by atoms with Crippen LogP contribution in [0.4, 0.5) is 0 Å². The van der Waals surface area contributed by atoms with Gasteiger partial charge in [-0.25, -0.2) is 4.79 Å². The van der Waals surface area contributed by atoms with E-state index in [1.54, 1.807) is 16.2 Å². The van der Waals surface area contributed by atoms with Gasteiger partial charge in [0.25, 0.3) is 5.91 Å². The van der Waals surface area contributed by atoms with Gasteiger partial charge >= 0.3 is 5.97 Å². The van der Waals surface area contributed by atoms with Crippen LogP contribution in [0.5, 0.6) is 0 Å². The van der Waals surface area contributed by atoms with Crippen LogP contribution in [0.25, 0.3) is 0 Å². The summed E-state index contributed by atoms with van der Waals surface area (Å²) in [6.07, 6.45) is 5.67. The maximum absolute atomic E-state index is 12.5. The Morgan fingerprint density at radius 2 is 2.11 bits per heavy atom. The van der Waals surface area contributed by atoms with E-state index in [0.29, 0.717) is 13.0 Å². The van der Waals surface area contributed by atoms with Crippen molar-refractivity contribution in [3.63, 3.8) is 0 Å². The quantitative estimate of drug-likeness (QED) is 0.904. The average molecular weight is 279 g/mol. The van der Waals surface area contributed by atoms with Crippen molar-refractivity contribution in [3.05, 3.63) is 21.4 Å². The molecule has 102 valence electrons. The van der Waals surface area contributed by atoms with E-state index in [9.17, 15) is 14.7 Å². The maximum Gasteiger partial charge on any atom is 0.326 e. The minimum absolute atomic E-state index is 0.0912. The van der Waals surface area contributed by atoms with Gasteiger partial charge in [0.05, 0.1) is 4.88 Å². The monoisotopic (exact) mass is 279 g/mol. The highest BCUT2D eigenvalue weighted by Gasteiger charge is 2.33. The highest BCUT2D eigenvalue weighted by Crippen LogP contribution is 2.32. The van der Waals surface area contributed by atoms with Gasteiger partial charge in [-0.05, 0) is 50.2 Å². The first kappa shape index (κ1) is 12.7. The van der Waals surface area contributed by atoms with Gasteiger partial charge in [0, 0.05) is 11.4 Å². The topological polar surface area (TPSA) is 57.6 Å². The third kappa shape index (κ3) is 2.27. The van der Waals surface area contributed by atoms with Crippen molar-refractivity contribution in [1.29, 1.82) is 0 Å². The SMILES string of the molecule is O=C(O)[C@H]1CCCCN1C(=O)c1cc2c(s1)CCC2. The van der Waals surface area contributed by atoms with E-state index in [-0.39, 0.29) is 5.91 Å². The average Bonchev–Trinajstić information content (AvgIpc) is 2.98. The van der Waals surface area contributed by atoms with E-state index in [0.717, 1.165) is 30.6 Å². The van der Waals surface area contributed by atoms with Crippen LogP contribution in [-0.2, 0) is 17.6 Å². The predicted octanol–water partition coefficient (Wildman–Crippen LogP) is 2.32. The van der Waals surface area contributed by atoms with Crippen molar-refractivity contribution in [1.82, 2.24) is 4.90 Å². The van der Waals surface area contributed by atoms with Crippen LogP contribution >= 0.6 is 11.3 Å². The molecule has 19 heavy (non-hydrogen) atoms. The Bertz CT molecular complexity index is 501. The molecule has 0 radical (unpaired) electrons. The molecule has 0 saturated carbocycles. The van der Waals surface area contributed by atoms with Crippen LogP contribution in [0.3, 0.4) is 0 Å². The molecule has 1 aromatic rings. The van der Waals surface area contributed by atoms with Gasteiger partial charge < -0.3 is 10.0 Å². The van der Waals surface area contributed by atoms with Crippen LogP contribution in [0.2, 0.25) is 0 Å². The van der Waals surface area contributed by atoms with Crippen molar-refractivity contribution in [2.75, 3.05) is 6.54 Å². The summed E-state index contributed by atoms with van der Waals surface area (Å²) in [4.78, 5) is 27.3. The number of carboxylic acid groups (broad SMARTS) is 1. The first-order valence-corrected chi connectivity index (χ1v) is 7.64. The van der Waals surface area contributed by atoms with E-state index in [2.05, 4.69) is 0 Å². The molecule has 4 nitrogen and oxygen atoms in total. The molecule has 1 amide bonds. The lowest BCUT2D eigenvalue weighted by molar-refractivity contribution is -0.143. The largest absolute Gasteiger partial charge is 0.480 e. The van der Waals surface area contributed by atoms with Gasteiger partial charge in [-0.2, -0.15) is 0 Å². The van der Waals surface area contributed by atoms with Crippen LogP contribution in [0, 0.1) is 0 Å². The van der Waals surface area contributed by atoms with Crippen LogP contribution in [0.1, 0.15) is 45.8 Å². The second kappa shape index (κ2) is 4.96. The van der Waals surface area contributed by atoms with E-state index in [1.165, 1.54) is 16.9 Å². The first-order valence-electron chi connectivity index (χ1n) is 6.82. The van der Waals surface area contributed by atoms with Gasteiger partial charge in [0.15, 0.2) is 0 Å². The van der Waals surface area contributed by atoms with Gasteiger partial charge in [-0.15, -0.1) is 11.3 Å². The van der Waals surface area contributed by atoms with E-state index < -0.39 is 12.0 Å². The molecule has 5 heteroatoms. The summed E-state index contributed by atoms with van der Waals surface area (Å²) >= 11 is 1.55. The second-order valence-corrected chi connectivity index (χ2v) is 6.40. The number of aryl methyl sites for hydroxylation is 2. The number of amides is 1. The minimum Gasteiger partial charge on any atom is -0.480 e. The number of hydrogen-bond acceptors (Lipinski definition) is 3. The number of piperidine rings is 1. The van der Waals surface area contributed by atoms with Crippen LogP contribution in [0.15, 0.2) is 6.07 Å². The lowest BCUT2D eigenvalue weighted by atomic mass is 10.0. The summed E-state index contributed by atoms with van der Waals surface area (Å²) in [6.45, 7) is 0.568. The molecule has 1 atom stereocenters. The standard InChI is InChI=1S/C14H17NO3S/c16-13(12-8-9-4-3-6-11(9)19-12)15-7-2-1-5-10(15)14(17)18/h8,10H,1-7H2,(H,17,18)/t10-/m1/s1. The zero-order chi connectivity index (χ0) is 13.4. The third-order valence-corrected chi connectivity index (χ3v) is 5.23. The molecular formula is C14H17NO3S. The molecule has 2 aliphatic rings. The van der Waals surface area contributed by atoms with Gasteiger partial charge in [0.1, 0.15) is 6.04 Å². The van der Waals surface area contributed by atoms with Crippen molar-refractivity contribution in [3.8, 4) is 0 Å². The number of thiophene rings is 1. The molecule has 1 N–H and O–H groups in total. The number of hydrogen-bond donors (Lipinski definition) is 1. The molecule has 0 spiro atoms. The van der Waals surface area contributed by atoms with Crippen molar-refractivity contribution in [2.45, 2.75) is 44.6 Å². The molecular weight excluding hydrogens is 262 g/mol. The molecule has 0 bridgehead atoms. The predicted molar refractivity (Wildman–Crippen MR) is 72.7 cm³/mol. The van der Waals surface area contributed by atoms with Crippen LogP contribution < -0.4 is 0 Å². The molecule has 1 aromatic heterocycles. The van der Waals surface area contributed by atoms with Gasteiger partial charge in [-0.3, -0.25) is 4.79 Å².